The first-order valence-corrected chi connectivity index (χ1v) is 7.08. The molecule has 102 valence electrons. The number of rotatable bonds is 6. The summed E-state index contributed by atoms with van der Waals surface area (Å²) in [6.45, 7) is 3.06. The summed E-state index contributed by atoms with van der Waals surface area (Å²) < 4.78 is 8.19. The molecule has 0 fully saturated rings. The standard InChI is InChI=1S/C14H17BrN2O2/c1-2-8-17-14(12(15)9-16-17)13(18)10-19-11-6-4-3-5-7-11/h3-7,9,13,18H,2,8,10H2,1H3. The summed E-state index contributed by atoms with van der Waals surface area (Å²) in [5.74, 6) is 0.749. The Balaban J connectivity index is 2.03. The van der Waals surface area contributed by atoms with Crippen LogP contribution in [0.1, 0.15) is 25.1 Å². The molecule has 2 rings (SSSR count). The van der Waals surface area contributed by atoms with Gasteiger partial charge in [-0.25, -0.2) is 0 Å². The molecule has 0 radical (unpaired) electrons. The van der Waals surface area contributed by atoms with Gasteiger partial charge in [0, 0.05) is 6.54 Å². The normalized spacial score (nSPS) is 12.4. The Hall–Kier alpha value is -1.33. The highest BCUT2D eigenvalue weighted by Crippen LogP contribution is 2.24. The number of para-hydroxylation sites is 1. The van der Waals surface area contributed by atoms with E-state index in [2.05, 4.69) is 28.0 Å². The van der Waals surface area contributed by atoms with E-state index in [0.29, 0.717) is 0 Å². The van der Waals surface area contributed by atoms with Gasteiger partial charge in [-0.1, -0.05) is 25.1 Å². The Bertz CT molecular complexity index is 513. The van der Waals surface area contributed by atoms with Gasteiger partial charge in [0.15, 0.2) is 0 Å². The molecule has 1 N–H and O–H groups in total. The van der Waals surface area contributed by atoms with Crippen molar-refractivity contribution in [1.29, 1.82) is 0 Å². The molecule has 2 aromatic rings. The van der Waals surface area contributed by atoms with Crippen molar-refractivity contribution in [2.24, 2.45) is 0 Å². The van der Waals surface area contributed by atoms with Crippen LogP contribution in [0.15, 0.2) is 41.0 Å². The number of aromatic nitrogens is 2. The maximum absolute atomic E-state index is 10.2. The molecule has 1 unspecified atom stereocenters. The summed E-state index contributed by atoms with van der Waals surface area (Å²) in [5, 5.41) is 14.5. The van der Waals surface area contributed by atoms with E-state index in [-0.39, 0.29) is 6.61 Å². The summed E-state index contributed by atoms with van der Waals surface area (Å²) >= 11 is 3.42. The van der Waals surface area contributed by atoms with Crippen molar-refractivity contribution in [1.82, 2.24) is 9.78 Å². The number of hydrogen-bond donors (Lipinski definition) is 1. The minimum absolute atomic E-state index is 0.206. The van der Waals surface area contributed by atoms with Gasteiger partial charge in [-0.05, 0) is 34.5 Å². The molecule has 0 aliphatic heterocycles. The fourth-order valence-corrected chi connectivity index (χ4v) is 2.42. The topological polar surface area (TPSA) is 47.3 Å². The number of nitrogens with zero attached hydrogens (tertiary/aromatic N) is 2. The van der Waals surface area contributed by atoms with Crippen LogP contribution in [0.25, 0.3) is 0 Å². The second kappa shape index (κ2) is 6.73. The molecule has 1 aromatic heterocycles. The van der Waals surface area contributed by atoms with Crippen LogP contribution >= 0.6 is 15.9 Å². The number of aliphatic hydroxyl groups is 1. The van der Waals surface area contributed by atoms with Crippen LogP contribution in [-0.2, 0) is 6.54 Å². The Morgan fingerprint density at radius 2 is 2.11 bits per heavy atom. The first-order chi connectivity index (χ1) is 9.22. The lowest BCUT2D eigenvalue weighted by Gasteiger charge is -2.15. The molecule has 0 saturated heterocycles. The monoisotopic (exact) mass is 324 g/mol. The van der Waals surface area contributed by atoms with E-state index in [0.717, 1.165) is 28.9 Å². The molecule has 4 nitrogen and oxygen atoms in total. The lowest BCUT2D eigenvalue weighted by Crippen LogP contribution is -2.15. The molecule has 1 atom stereocenters. The van der Waals surface area contributed by atoms with Crippen molar-refractivity contribution < 1.29 is 9.84 Å². The zero-order valence-electron chi connectivity index (χ0n) is 10.8. The minimum Gasteiger partial charge on any atom is -0.490 e. The molecule has 5 heteroatoms. The lowest BCUT2D eigenvalue weighted by atomic mass is 10.2. The highest BCUT2D eigenvalue weighted by Gasteiger charge is 2.18. The van der Waals surface area contributed by atoms with Gasteiger partial charge < -0.3 is 9.84 Å². The first kappa shape index (κ1) is 14.1. The van der Waals surface area contributed by atoms with E-state index in [1.165, 1.54) is 0 Å². The third kappa shape index (κ3) is 3.58. The minimum atomic E-state index is -0.705. The number of hydrogen-bond acceptors (Lipinski definition) is 3. The summed E-state index contributed by atoms with van der Waals surface area (Å²) in [5.41, 5.74) is 0.762. The second-order valence-corrected chi connectivity index (χ2v) is 5.10. The van der Waals surface area contributed by atoms with Crippen LogP contribution < -0.4 is 4.74 Å². The predicted octanol–water partition coefficient (Wildman–Crippen LogP) is 3.17. The van der Waals surface area contributed by atoms with E-state index in [9.17, 15) is 5.11 Å². The van der Waals surface area contributed by atoms with E-state index in [1.807, 2.05) is 35.0 Å². The number of aliphatic hydroxyl groups excluding tert-OH is 1. The van der Waals surface area contributed by atoms with Crippen molar-refractivity contribution in [3.8, 4) is 5.75 Å². The molecule has 0 bridgehead atoms. The summed E-state index contributed by atoms with van der Waals surface area (Å²) in [4.78, 5) is 0. The molecule has 1 aromatic carbocycles. The first-order valence-electron chi connectivity index (χ1n) is 6.29. The van der Waals surface area contributed by atoms with Crippen molar-refractivity contribution in [2.45, 2.75) is 26.0 Å². The van der Waals surface area contributed by atoms with E-state index < -0.39 is 6.10 Å². The van der Waals surface area contributed by atoms with Gasteiger partial charge in [-0.15, -0.1) is 0 Å². The van der Waals surface area contributed by atoms with E-state index in [1.54, 1.807) is 6.20 Å². The van der Waals surface area contributed by atoms with Gasteiger partial charge >= 0.3 is 0 Å². The molecule has 1 heterocycles. The highest BCUT2D eigenvalue weighted by molar-refractivity contribution is 9.10. The van der Waals surface area contributed by atoms with Gasteiger partial charge in [-0.2, -0.15) is 5.10 Å². The molecule has 0 amide bonds. The maximum atomic E-state index is 10.2. The van der Waals surface area contributed by atoms with Crippen molar-refractivity contribution >= 4 is 15.9 Å². The fourth-order valence-electron chi connectivity index (χ4n) is 1.86. The number of aryl methyl sites for hydroxylation is 1. The molecule has 0 aliphatic carbocycles. The molecular formula is C14H17BrN2O2. The quantitative estimate of drug-likeness (QED) is 0.887. The molecule has 19 heavy (non-hydrogen) atoms. The van der Waals surface area contributed by atoms with Crippen LogP contribution in [0.3, 0.4) is 0 Å². The van der Waals surface area contributed by atoms with Crippen molar-refractivity contribution in [3.63, 3.8) is 0 Å². The highest BCUT2D eigenvalue weighted by atomic mass is 79.9. The van der Waals surface area contributed by atoms with Crippen LogP contribution in [-0.4, -0.2) is 21.5 Å². The van der Waals surface area contributed by atoms with E-state index >= 15 is 0 Å². The number of halogens is 1. The molecular weight excluding hydrogens is 308 g/mol. The summed E-state index contributed by atoms with van der Waals surface area (Å²) in [7, 11) is 0. The SMILES string of the molecule is CCCn1ncc(Br)c1C(O)COc1ccccc1. The zero-order valence-corrected chi connectivity index (χ0v) is 12.4. The summed E-state index contributed by atoms with van der Waals surface area (Å²) in [6.07, 6.45) is 1.97. The molecule has 0 aliphatic rings. The lowest BCUT2D eigenvalue weighted by molar-refractivity contribution is 0.0993. The maximum Gasteiger partial charge on any atom is 0.131 e. The van der Waals surface area contributed by atoms with Gasteiger partial charge in [0.05, 0.1) is 16.4 Å². The van der Waals surface area contributed by atoms with Crippen LogP contribution in [0.5, 0.6) is 5.75 Å². The van der Waals surface area contributed by atoms with Gasteiger partial charge in [0.2, 0.25) is 0 Å². The summed E-state index contributed by atoms with van der Waals surface area (Å²) in [6, 6.07) is 9.46. The Morgan fingerprint density at radius 3 is 2.79 bits per heavy atom. The van der Waals surface area contributed by atoms with Crippen molar-refractivity contribution in [2.75, 3.05) is 6.61 Å². The van der Waals surface area contributed by atoms with Crippen LogP contribution in [0, 0.1) is 0 Å². The van der Waals surface area contributed by atoms with E-state index in [4.69, 9.17) is 4.74 Å². The molecule has 0 spiro atoms. The largest absolute Gasteiger partial charge is 0.490 e. The van der Waals surface area contributed by atoms with Gasteiger partial charge in [0.25, 0.3) is 0 Å². The average Bonchev–Trinajstić information content (AvgIpc) is 2.79. The second-order valence-electron chi connectivity index (χ2n) is 4.24. The van der Waals surface area contributed by atoms with Crippen LogP contribution in [0.2, 0.25) is 0 Å². The predicted molar refractivity (Wildman–Crippen MR) is 77.1 cm³/mol. The molecule has 0 saturated carbocycles. The Labute approximate surface area is 121 Å². The van der Waals surface area contributed by atoms with Gasteiger partial charge in [-0.3, -0.25) is 4.68 Å². The third-order valence-electron chi connectivity index (χ3n) is 2.74. The van der Waals surface area contributed by atoms with Gasteiger partial charge in [0.1, 0.15) is 18.5 Å². The number of benzene rings is 1. The number of ether oxygens (including phenoxy) is 1. The Morgan fingerprint density at radius 1 is 1.37 bits per heavy atom. The smallest absolute Gasteiger partial charge is 0.131 e. The van der Waals surface area contributed by atoms with Crippen LogP contribution in [0.4, 0.5) is 0 Å². The Kier molecular flexibility index (Phi) is 4.99. The third-order valence-corrected chi connectivity index (χ3v) is 3.35. The average molecular weight is 325 g/mol. The fraction of sp³-hybridized carbons (Fsp3) is 0.357. The van der Waals surface area contributed by atoms with Crippen molar-refractivity contribution in [3.05, 3.63) is 46.7 Å². The zero-order chi connectivity index (χ0) is 13.7.